The number of nitrogens with zero attached hydrogens (tertiary/aromatic N) is 6. The SMILES string of the molecule is CN(C)Cc1nnc(C2CCN(c3ncccc3C(N)=O)CC2)n1C1CC1. The average molecular weight is 369 g/mol. The Bertz CT molecular complexity index is 819. The second-order valence-corrected chi connectivity index (χ2v) is 7.81. The van der Waals surface area contributed by atoms with Crippen LogP contribution in [0.5, 0.6) is 0 Å². The Hall–Kier alpha value is -2.48. The van der Waals surface area contributed by atoms with Crippen molar-refractivity contribution in [3.63, 3.8) is 0 Å². The molecule has 0 unspecified atom stereocenters. The van der Waals surface area contributed by atoms with Crippen molar-refractivity contribution in [3.05, 3.63) is 35.5 Å². The normalized spacial score (nSPS) is 18.3. The zero-order chi connectivity index (χ0) is 19.0. The van der Waals surface area contributed by atoms with Crippen LogP contribution < -0.4 is 10.6 Å². The second kappa shape index (κ2) is 7.26. The molecule has 1 amide bonds. The minimum Gasteiger partial charge on any atom is -0.365 e. The number of hydrogen-bond acceptors (Lipinski definition) is 6. The van der Waals surface area contributed by atoms with Crippen LogP contribution in [0, 0.1) is 0 Å². The molecular weight excluding hydrogens is 342 g/mol. The summed E-state index contributed by atoms with van der Waals surface area (Å²) < 4.78 is 2.38. The molecule has 2 aliphatic rings. The Morgan fingerprint density at radius 2 is 1.96 bits per heavy atom. The van der Waals surface area contributed by atoms with E-state index in [4.69, 9.17) is 5.73 Å². The largest absolute Gasteiger partial charge is 0.365 e. The predicted molar refractivity (Wildman–Crippen MR) is 103 cm³/mol. The van der Waals surface area contributed by atoms with Crippen molar-refractivity contribution >= 4 is 11.7 Å². The van der Waals surface area contributed by atoms with Gasteiger partial charge >= 0.3 is 0 Å². The maximum absolute atomic E-state index is 11.7. The van der Waals surface area contributed by atoms with E-state index in [0.29, 0.717) is 23.3 Å². The predicted octanol–water partition coefficient (Wildman–Crippen LogP) is 1.55. The van der Waals surface area contributed by atoms with Gasteiger partial charge < -0.3 is 20.1 Å². The molecular formula is C19H27N7O. The molecule has 2 fully saturated rings. The lowest BCUT2D eigenvalue weighted by Gasteiger charge is -2.33. The molecule has 4 rings (SSSR count). The maximum atomic E-state index is 11.7. The van der Waals surface area contributed by atoms with E-state index >= 15 is 0 Å². The van der Waals surface area contributed by atoms with Gasteiger partial charge in [-0.3, -0.25) is 4.79 Å². The van der Waals surface area contributed by atoms with E-state index in [2.05, 4.69) is 43.6 Å². The first-order valence-electron chi connectivity index (χ1n) is 9.62. The highest BCUT2D eigenvalue weighted by Crippen LogP contribution is 2.40. The topological polar surface area (TPSA) is 93.2 Å². The molecule has 3 heterocycles. The van der Waals surface area contributed by atoms with Gasteiger partial charge in [0.25, 0.3) is 5.91 Å². The lowest BCUT2D eigenvalue weighted by atomic mass is 9.95. The van der Waals surface area contributed by atoms with Crippen LogP contribution in [0.1, 0.15) is 59.6 Å². The minimum atomic E-state index is -0.429. The molecule has 1 aliphatic heterocycles. The fourth-order valence-electron chi connectivity index (χ4n) is 3.93. The van der Waals surface area contributed by atoms with Gasteiger partial charge in [-0.15, -0.1) is 10.2 Å². The van der Waals surface area contributed by atoms with Gasteiger partial charge in [0.05, 0.1) is 12.1 Å². The van der Waals surface area contributed by atoms with Crippen molar-refractivity contribution < 1.29 is 4.79 Å². The summed E-state index contributed by atoms with van der Waals surface area (Å²) in [4.78, 5) is 20.4. The van der Waals surface area contributed by atoms with E-state index in [1.165, 1.54) is 12.8 Å². The fourth-order valence-corrected chi connectivity index (χ4v) is 3.93. The van der Waals surface area contributed by atoms with Crippen molar-refractivity contribution in [2.24, 2.45) is 5.73 Å². The standard InChI is InChI=1S/C19H27N7O/c1-24(2)12-16-22-23-18(26(16)14-5-6-14)13-7-10-25(11-8-13)19-15(17(20)27)4-3-9-21-19/h3-4,9,13-14H,5-8,10-12H2,1-2H3,(H2,20,27). The monoisotopic (exact) mass is 369 g/mol. The Morgan fingerprint density at radius 1 is 1.22 bits per heavy atom. The first-order chi connectivity index (χ1) is 13.0. The van der Waals surface area contributed by atoms with Crippen molar-refractivity contribution in [1.82, 2.24) is 24.6 Å². The molecule has 1 saturated carbocycles. The molecule has 1 aliphatic carbocycles. The van der Waals surface area contributed by atoms with Gasteiger partial charge in [0, 0.05) is 31.2 Å². The molecule has 144 valence electrons. The van der Waals surface area contributed by atoms with Gasteiger partial charge in [-0.05, 0) is 51.9 Å². The van der Waals surface area contributed by atoms with E-state index in [1.54, 1.807) is 18.3 Å². The number of amides is 1. The van der Waals surface area contributed by atoms with Crippen LogP contribution in [-0.2, 0) is 6.54 Å². The van der Waals surface area contributed by atoms with Gasteiger partial charge in [-0.1, -0.05) is 0 Å². The average Bonchev–Trinajstić information content (AvgIpc) is 3.42. The molecule has 0 aromatic carbocycles. The third-order valence-corrected chi connectivity index (χ3v) is 5.37. The zero-order valence-electron chi connectivity index (χ0n) is 16.0. The van der Waals surface area contributed by atoms with Crippen LogP contribution in [0.4, 0.5) is 5.82 Å². The van der Waals surface area contributed by atoms with Crippen LogP contribution in [-0.4, -0.2) is 57.7 Å². The highest BCUT2D eigenvalue weighted by atomic mass is 16.1. The Balaban J connectivity index is 1.50. The molecule has 8 heteroatoms. The molecule has 0 spiro atoms. The second-order valence-electron chi connectivity index (χ2n) is 7.81. The van der Waals surface area contributed by atoms with Crippen molar-refractivity contribution in [2.75, 3.05) is 32.1 Å². The summed E-state index contributed by atoms with van der Waals surface area (Å²) >= 11 is 0. The van der Waals surface area contributed by atoms with Gasteiger partial charge in [0.15, 0.2) is 0 Å². The number of hydrogen-bond donors (Lipinski definition) is 1. The zero-order valence-corrected chi connectivity index (χ0v) is 16.0. The van der Waals surface area contributed by atoms with Gasteiger partial charge in [-0.2, -0.15) is 0 Å². The summed E-state index contributed by atoms with van der Waals surface area (Å²) in [5.41, 5.74) is 6.00. The fraction of sp³-hybridized carbons (Fsp3) is 0.579. The molecule has 8 nitrogen and oxygen atoms in total. The highest BCUT2D eigenvalue weighted by molar-refractivity contribution is 5.97. The molecule has 0 atom stereocenters. The number of carbonyl (C=O) groups excluding carboxylic acids is 1. The van der Waals surface area contributed by atoms with Crippen molar-refractivity contribution in [3.8, 4) is 0 Å². The van der Waals surface area contributed by atoms with E-state index in [9.17, 15) is 4.79 Å². The molecule has 0 radical (unpaired) electrons. The summed E-state index contributed by atoms with van der Waals surface area (Å²) in [7, 11) is 4.13. The number of nitrogens with two attached hydrogens (primary N) is 1. The van der Waals surface area contributed by atoms with Gasteiger partial charge in [-0.25, -0.2) is 4.98 Å². The molecule has 2 aromatic rings. The summed E-state index contributed by atoms with van der Waals surface area (Å²) in [6.45, 7) is 2.49. The smallest absolute Gasteiger partial charge is 0.252 e. The number of rotatable bonds is 6. The number of aromatic nitrogens is 4. The van der Waals surface area contributed by atoms with E-state index < -0.39 is 5.91 Å². The van der Waals surface area contributed by atoms with Crippen LogP contribution >= 0.6 is 0 Å². The van der Waals surface area contributed by atoms with E-state index in [1.807, 2.05) is 0 Å². The number of carbonyl (C=O) groups is 1. The number of anilines is 1. The van der Waals surface area contributed by atoms with Crippen LogP contribution in [0.2, 0.25) is 0 Å². The maximum Gasteiger partial charge on any atom is 0.252 e. The quantitative estimate of drug-likeness (QED) is 0.830. The van der Waals surface area contributed by atoms with Gasteiger partial charge in [0.1, 0.15) is 17.5 Å². The summed E-state index contributed by atoms with van der Waals surface area (Å²) in [6, 6.07) is 4.06. The molecule has 27 heavy (non-hydrogen) atoms. The van der Waals surface area contributed by atoms with Crippen LogP contribution in [0.15, 0.2) is 18.3 Å². The summed E-state index contributed by atoms with van der Waals surface area (Å²) in [5, 5.41) is 9.07. The van der Waals surface area contributed by atoms with Crippen LogP contribution in [0.25, 0.3) is 0 Å². The molecule has 2 N–H and O–H groups in total. The van der Waals surface area contributed by atoms with E-state index in [0.717, 1.165) is 44.1 Å². The summed E-state index contributed by atoms with van der Waals surface area (Å²) in [6.07, 6.45) is 6.11. The minimum absolute atomic E-state index is 0.394. The van der Waals surface area contributed by atoms with Crippen molar-refractivity contribution in [1.29, 1.82) is 0 Å². The number of primary amides is 1. The number of piperidine rings is 1. The highest BCUT2D eigenvalue weighted by Gasteiger charge is 2.34. The molecule has 1 saturated heterocycles. The Labute approximate surface area is 159 Å². The van der Waals surface area contributed by atoms with Gasteiger partial charge in [0.2, 0.25) is 0 Å². The summed E-state index contributed by atoms with van der Waals surface area (Å²) in [5.74, 6) is 2.86. The first-order valence-corrected chi connectivity index (χ1v) is 9.62. The lowest BCUT2D eigenvalue weighted by Crippen LogP contribution is -2.35. The van der Waals surface area contributed by atoms with E-state index in [-0.39, 0.29) is 0 Å². The van der Waals surface area contributed by atoms with Crippen molar-refractivity contribution in [2.45, 2.75) is 44.2 Å². The Kier molecular flexibility index (Phi) is 4.82. The third-order valence-electron chi connectivity index (χ3n) is 5.37. The lowest BCUT2D eigenvalue weighted by molar-refractivity contribution is 0.100. The molecule has 2 aromatic heterocycles. The molecule has 0 bridgehead atoms. The first kappa shape index (κ1) is 17.9. The van der Waals surface area contributed by atoms with Crippen LogP contribution in [0.3, 0.4) is 0 Å². The third kappa shape index (κ3) is 3.66. The number of pyridine rings is 1. The Morgan fingerprint density at radius 3 is 2.59 bits per heavy atom.